The van der Waals surface area contributed by atoms with Crippen LogP contribution >= 0.6 is 11.0 Å². The molecule has 1 aliphatic heterocycles. The number of benzene rings is 1. The van der Waals surface area contributed by atoms with E-state index < -0.39 is 16.5 Å². The Morgan fingerprint density at radius 2 is 1.93 bits per heavy atom. The highest BCUT2D eigenvalue weighted by Crippen LogP contribution is 2.46. The van der Waals surface area contributed by atoms with Gasteiger partial charge in [-0.05, 0) is 62.9 Å². The van der Waals surface area contributed by atoms with Crippen LogP contribution in [0.15, 0.2) is 34.7 Å². The molecule has 1 aliphatic rings. The molecule has 2 heterocycles. The predicted molar refractivity (Wildman–Crippen MR) is 114 cm³/mol. The molecule has 0 unspecified atom stereocenters. The van der Waals surface area contributed by atoms with E-state index >= 15 is 0 Å². The smallest absolute Gasteiger partial charge is 0.251 e. The van der Waals surface area contributed by atoms with Crippen molar-refractivity contribution < 1.29 is 18.6 Å². The third-order valence-corrected chi connectivity index (χ3v) is 5.08. The average molecular weight is 420 g/mol. The molecule has 9 nitrogen and oxygen atoms in total. The second kappa shape index (κ2) is 7.54. The van der Waals surface area contributed by atoms with E-state index in [1.807, 2.05) is 27.7 Å². The largest absolute Gasteiger partial charge is 0.490 e. The fraction of sp³-hybridized carbons (Fsp3) is 0.316. The van der Waals surface area contributed by atoms with Crippen LogP contribution in [0.5, 0.6) is 5.75 Å². The Labute approximate surface area is 171 Å². The number of carbonyl (C=O) groups excluding carboxylic acids is 1. The van der Waals surface area contributed by atoms with Crippen LogP contribution in [-0.4, -0.2) is 38.0 Å². The Kier molecular flexibility index (Phi) is 5.44. The fourth-order valence-electron chi connectivity index (χ4n) is 2.99. The number of anilines is 1. The van der Waals surface area contributed by atoms with E-state index in [0.717, 1.165) is 11.4 Å². The Balaban J connectivity index is 1.74. The molecule has 0 aliphatic carbocycles. The third kappa shape index (κ3) is 4.97. The summed E-state index contributed by atoms with van der Waals surface area (Å²) in [7, 11) is -3.36. The molecule has 1 aromatic carbocycles. The number of nitrogens with two attached hydrogens (primary N) is 1. The molecular formula is C19H25N5O4S. The van der Waals surface area contributed by atoms with Crippen LogP contribution < -0.4 is 20.5 Å². The van der Waals surface area contributed by atoms with Crippen molar-refractivity contribution in [2.45, 2.75) is 33.2 Å². The van der Waals surface area contributed by atoms with Crippen LogP contribution in [-0.2, 0) is 0 Å². The summed E-state index contributed by atoms with van der Waals surface area (Å²) in [5.74, 6) is 0.168. The van der Waals surface area contributed by atoms with Crippen molar-refractivity contribution in [1.29, 1.82) is 0 Å². The highest BCUT2D eigenvalue weighted by Gasteiger charge is 2.27. The molecule has 0 atom stereocenters. The van der Waals surface area contributed by atoms with Crippen LogP contribution in [0.2, 0.25) is 0 Å². The lowest BCUT2D eigenvalue weighted by atomic mass is 10.1. The number of aryl methyl sites for hydroxylation is 2. The number of aromatic nitrogens is 1. The van der Waals surface area contributed by atoms with Gasteiger partial charge < -0.3 is 15.8 Å². The zero-order valence-corrected chi connectivity index (χ0v) is 17.5. The number of hydrogen-bond acceptors (Lipinski definition) is 8. The van der Waals surface area contributed by atoms with Crippen molar-refractivity contribution in [1.82, 2.24) is 10.3 Å². The first-order valence-electron chi connectivity index (χ1n) is 8.91. The standard InChI is InChI=1S/C19H25N5O4S/c1-11-8-13(9-12(2)21-11)18(25)22-19(3,4)10-28-15-7-5-6-14-16(15)17(20)24-29(26,27)23-14/h5-9,23,26-27H,10H2,1-4H3,(H2,20,24)(H,22,25). The van der Waals surface area contributed by atoms with Gasteiger partial charge in [0.05, 0.1) is 16.8 Å². The van der Waals surface area contributed by atoms with Gasteiger partial charge in [-0.2, -0.15) is 0 Å². The summed E-state index contributed by atoms with van der Waals surface area (Å²) < 4.78 is 31.6. The Hall–Kier alpha value is -2.82. The van der Waals surface area contributed by atoms with Crippen LogP contribution in [0.25, 0.3) is 0 Å². The molecule has 0 spiro atoms. The third-order valence-electron chi connectivity index (χ3n) is 4.14. The number of hydrogen-bond donors (Lipinski definition) is 5. The summed E-state index contributed by atoms with van der Waals surface area (Å²) in [5.41, 5.74) is 8.15. The van der Waals surface area contributed by atoms with Gasteiger partial charge in [0.2, 0.25) is 0 Å². The van der Waals surface area contributed by atoms with E-state index in [-0.39, 0.29) is 18.3 Å². The first-order chi connectivity index (χ1) is 13.5. The molecule has 0 saturated carbocycles. The molecule has 10 heteroatoms. The zero-order chi connectivity index (χ0) is 21.4. The number of amides is 1. The van der Waals surface area contributed by atoms with Crippen molar-refractivity contribution in [2.75, 3.05) is 11.3 Å². The molecule has 1 aromatic heterocycles. The van der Waals surface area contributed by atoms with Gasteiger partial charge in [-0.3, -0.25) is 23.6 Å². The van der Waals surface area contributed by atoms with Crippen LogP contribution in [0.4, 0.5) is 5.69 Å². The second-order valence-electron chi connectivity index (χ2n) is 7.54. The summed E-state index contributed by atoms with van der Waals surface area (Å²) in [5, 5.41) is 2.96. The zero-order valence-electron chi connectivity index (χ0n) is 16.7. The normalized spacial score (nSPS) is 16.1. The predicted octanol–water partition coefficient (Wildman–Crippen LogP) is 3.00. The molecule has 0 bridgehead atoms. The highest BCUT2D eigenvalue weighted by atomic mass is 32.3. The number of ether oxygens (including phenoxy) is 1. The number of carbonyl (C=O) groups is 1. The molecule has 0 saturated heterocycles. The molecule has 1 amide bonds. The van der Waals surface area contributed by atoms with E-state index in [2.05, 4.69) is 19.4 Å². The van der Waals surface area contributed by atoms with E-state index in [4.69, 9.17) is 10.5 Å². The summed E-state index contributed by atoms with van der Waals surface area (Å²) in [6.45, 7) is 7.51. The lowest BCUT2D eigenvalue weighted by Gasteiger charge is -2.34. The van der Waals surface area contributed by atoms with Crippen LogP contribution in [0.3, 0.4) is 0 Å². The lowest BCUT2D eigenvalue weighted by molar-refractivity contribution is 0.0880. The van der Waals surface area contributed by atoms with Crippen molar-refractivity contribution >= 4 is 28.4 Å². The minimum absolute atomic E-state index is 0.0288. The Bertz CT molecular complexity index is 970. The molecule has 6 N–H and O–H groups in total. The summed E-state index contributed by atoms with van der Waals surface area (Å²) >= 11 is 0. The number of nitrogens with one attached hydrogen (secondary N) is 2. The van der Waals surface area contributed by atoms with Gasteiger partial charge in [-0.25, -0.2) is 0 Å². The van der Waals surface area contributed by atoms with Gasteiger partial charge in [-0.15, -0.1) is 4.40 Å². The van der Waals surface area contributed by atoms with Crippen LogP contribution in [0, 0.1) is 13.8 Å². The van der Waals surface area contributed by atoms with E-state index in [1.54, 1.807) is 30.3 Å². The Morgan fingerprint density at radius 3 is 2.59 bits per heavy atom. The van der Waals surface area contributed by atoms with E-state index in [1.165, 1.54) is 0 Å². The molecule has 156 valence electrons. The number of amidine groups is 1. The first-order valence-corrected chi connectivity index (χ1v) is 10.4. The quantitative estimate of drug-likeness (QED) is 0.501. The van der Waals surface area contributed by atoms with Gasteiger partial charge in [-0.1, -0.05) is 6.07 Å². The lowest BCUT2D eigenvalue weighted by Crippen LogP contribution is -2.48. The van der Waals surface area contributed by atoms with Crippen molar-refractivity contribution in [3.63, 3.8) is 0 Å². The monoisotopic (exact) mass is 419 g/mol. The average Bonchev–Trinajstić information content (AvgIpc) is 2.57. The van der Waals surface area contributed by atoms with Gasteiger partial charge in [0, 0.05) is 17.0 Å². The molecule has 3 rings (SSSR count). The van der Waals surface area contributed by atoms with Gasteiger partial charge in [0.25, 0.3) is 5.91 Å². The molecular weight excluding hydrogens is 394 g/mol. The maximum atomic E-state index is 12.6. The first kappa shape index (κ1) is 20.9. The molecule has 0 radical (unpaired) electrons. The van der Waals surface area contributed by atoms with E-state index in [0.29, 0.717) is 22.6 Å². The fourth-order valence-corrected chi connectivity index (χ4v) is 3.87. The number of nitrogens with zero attached hydrogens (tertiary/aromatic N) is 2. The van der Waals surface area contributed by atoms with Crippen molar-refractivity contribution in [3.05, 3.63) is 52.8 Å². The molecule has 0 fully saturated rings. The summed E-state index contributed by atoms with van der Waals surface area (Å²) in [6.07, 6.45) is 0. The number of fused-ring (bicyclic) bond motifs is 1. The van der Waals surface area contributed by atoms with Crippen LogP contribution in [0.1, 0.15) is 41.2 Å². The van der Waals surface area contributed by atoms with Gasteiger partial charge in [0.15, 0.2) is 5.84 Å². The van der Waals surface area contributed by atoms with E-state index in [9.17, 15) is 13.9 Å². The minimum atomic E-state index is -3.36. The molecule has 29 heavy (non-hydrogen) atoms. The maximum absolute atomic E-state index is 12.6. The minimum Gasteiger partial charge on any atom is -0.490 e. The van der Waals surface area contributed by atoms with Crippen molar-refractivity contribution in [2.24, 2.45) is 10.1 Å². The SMILES string of the molecule is Cc1cc(C(=O)NC(C)(C)COc2cccc3c2C(N)=NS(O)(O)N3)cc(C)n1. The number of pyridine rings is 1. The van der Waals surface area contributed by atoms with Gasteiger partial charge >= 0.3 is 0 Å². The van der Waals surface area contributed by atoms with Gasteiger partial charge in [0.1, 0.15) is 12.4 Å². The summed E-state index contributed by atoms with van der Waals surface area (Å²) in [4.78, 5) is 16.9. The van der Waals surface area contributed by atoms with Crippen molar-refractivity contribution in [3.8, 4) is 5.75 Å². The summed E-state index contributed by atoms with van der Waals surface area (Å²) in [6, 6.07) is 8.51. The second-order valence-corrected chi connectivity index (χ2v) is 8.97. The Morgan fingerprint density at radius 1 is 1.28 bits per heavy atom. The highest BCUT2D eigenvalue weighted by molar-refractivity contribution is 8.24. The molecule has 2 aromatic rings. The maximum Gasteiger partial charge on any atom is 0.251 e. The topological polar surface area (TPSA) is 142 Å². The number of rotatable bonds is 5.